The maximum Gasteiger partial charge on any atom is 0.0881 e. The Balaban J connectivity index is 2.26. The van der Waals surface area contributed by atoms with Crippen LogP contribution in [-0.4, -0.2) is 3.23 Å². The molecule has 0 N–H and O–H groups in total. The summed E-state index contributed by atoms with van der Waals surface area (Å²) in [6, 6.07) is 8.03. The summed E-state index contributed by atoms with van der Waals surface area (Å²) in [5, 5.41) is 0.815. The lowest BCUT2D eigenvalue weighted by atomic mass is 10.1. The molecule has 1 unspecified atom stereocenters. The molecule has 2 rings (SSSR count). The molecule has 0 heterocycles. The molecule has 1 aliphatic rings. The summed E-state index contributed by atoms with van der Waals surface area (Å²) in [5.74, 6) is 0.566. The van der Waals surface area contributed by atoms with E-state index < -0.39 is 0 Å². The van der Waals surface area contributed by atoms with Crippen molar-refractivity contribution in [3.63, 3.8) is 0 Å². The zero-order valence-corrected chi connectivity index (χ0v) is 10.2. The van der Waals surface area contributed by atoms with Crippen LogP contribution in [-0.2, 0) is 0 Å². The van der Waals surface area contributed by atoms with Gasteiger partial charge in [0.2, 0.25) is 0 Å². The maximum atomic E-state index is 5.88. The Hall–Kier alpha value is 0.470. The van der Waals surface area contributed by atoms with Gasteiger partial charge in [0.15, 0.2) is 0 Å². The van der Waals surface area contributed by atoms with Crippen molar-refractivity contribution >= 4 is 43.5 Å². The molecule has 3 heteroatoms. The van der Waals surface area contributed by atoms with Gasteiger partial charge in [-0.2, -0.15) is 0 Å². The minimum absolute atomic E-state index is 0.130. The van der Waals surface area contributed by atoms with Gasteiger partial charge in [-0.15, -0.1) is 0 Å². The quantitative estimate of drug-likeness (QED) is 0.678. The van der Waals surface area contributed by atoms with Crippen LogP contribution < -0.4 is 0 Å². The topological polar surface area (TPSA) is 0 Å². The molecule has 1 atom stereocenters. The monoisotopic (exact) mass is 308 g/mol. The van der Waals surface area contributed by atoms with Gasteiger partial charge in [0.05, 0.1) is 3.23 Å². The van der Waals surface area contributed by atoms with E-state index in [1.807, 2.05) is 18.2 Å². The molecule has 12 heavy (non-hydrogen) atoms. The third kappa shape index (κ3) is 1.70. The largest absolute Gasteiger partial charge is 0.0881 e. The average molecular weight is 310 g/mol. The smallest absolute Gasteiger partial charge is 0.0843 e. The van der Waals surface area contributed by atoms with E-state index in [9.17, 15) is 0 Å². The Morgan fingerprint density at radius 2 is 2.08 bits per heavy atom. The number of halogens is 3. The molecule has 0 bridgehead atoms. The van der Waals surface area contributed by atoms with E-state index in [1.165, 1.54) is 5.56 Å². The summed E-state index contributed by atoms with van der Waals surface area (Å²) in [4.78, 5) is 0. The second kappa shape index (κ2) is 3.00. The van der Waals surface area contributed by atoms with E-state index in [-0.39, 0.29) is 3.23 Å². The number of alkyl halides is 2. The highest BCUT2D eigenvalue weighted by molar-refractivity contribution is 9.25. The SMILES string of the molecule is Clc1cccc(C2CC2(Br)Br)c1. The van der Waals surface area contributed by atoms with Crippen LogP contribution in [0, 0.1) is 0 Å². The van der Waals surface area contributed by atoms with E-state index in [2.05, 4.69) is 37.9 Å². The molecule has 1 saturated carbocycles. The van der Waals surface area contributed by atoms with Crippen LogP contribution in [0.3, 0.4) is 0 Å². The molecule has 0 aliphatic heterocycles. The molecule has 0 nitrogen and oxygen atoms in total. The second-order valence-corrected chi connectivity index (χ2v) is 7.40. The molecule has 0 radical (unpaired) electrons. The van der Waals surface area contributed by atoms with Crippen molar-refractivity contribution in [1.29, 1.82) is 0 Å². The maximum absolute atomic E-state index is 5.88. The predicted molar refractivity (Wildman–Crippen MR) is 59.4 cm³/mol. The van der Waals surface area contributed by atoms with Gasteiger partial charge in [0.25, 0.3) is 0 Å². The molecule has 1 aromatic rings. The predicted octanol–water partition coefficient (Wildman–Crippen LogP) is 4.31. The third-order valence-electron chi connectivity index (χ3n) is 2.08. The van der Waals surface area contributed by atoms with Gasteiger partial charge in [-0.25, -0.2) is 0 Å². The van der Waals surface area contributed by atoms with Crippen LogP contribution in [0.5, 0.6) is 0 Å². The van der Waals surface area contributed by atoms with Gasteiger partial charge in [0, 0.05) is 10.9 Å². The van der Waals surface area contributed by atoms with Crippen molar-refractivity contribution in [2.75, 3.05) is 0 Å². The lowest BCUT2D eigenvalue weighted by Crippen LogP contribution is -1.87. The van der Waals surface area contributed by atoms with Crippen molar-refractivity contribution in [2.45, 2.75) is 15.6 Å². The van der Waals surface area contributed by atoms with E-state index in [1.54, 1.807) is 0 Å². The zero-order chi connectivity index (χ0) is 8.77. The number of hydrogen-bond donors (Lipinski definition) is 0. The van der Waals surface area contributed by atoms with Crippen molar-refractivity contribution in [1.82, 2.24) is 0 Å². The number of benzene rings is 1. The second-order valence-electron chi connectivity index (χ2n) is 3.07. The lowest BCUT2D eigenvalue weighted by Gasteiger charge is -2.00. The molecule has 1 aromatic carbocycles. The van der Waals surface area contributed by atoms with Gasteiger partial charge in [-0.05, 0) is 24.1 Å². The first kappa shape index (κ1) is 9.04. The Kier molecular flexibility index (Phi) is 2.26. The van der Waals surface area contributed by atoms with Gasteiger partial charge >= 0.3 is 0 Å². The first-order chi connectivity index (χ1) is 5.59. The van der Waals surface area contributed by atoms with Crippen LogP contribution in [0.4, 0.5) is 0 Å². The Bertz CT molecular complexity index is 309. The Morgan fingerprint density at radius 1 is 1.42 bits per heavy atom. The minimum Gasteiger partial charge on any atom is -0.0843 e. The van der Waals surface area contributed by atoms with Gasteiger partial charge in [-0.3, -0.25) is 0 Å². The average Bonchev–Trinajstić information content (AvgIpc) is 2.60. The highest BCUT2D eigenvalue weighted by Crippen LogP contribution is 2.62. The summed E-state index contributed by atoms with van der Waals surface area (Å²) < 4.78 is 0.130. The fourth-order valence-electron chi connectivity index (χ4n) is 1.30. The van der Waals surface area contributed by atoms with Crippen LogP contribution in [0.15, 0.2) is 24.3 Å². The van der Waals surface area contributed by atoms with E-state index in [4.69, 9.17) is 11.6 Å². The summed E-state index contributed by atoms with van der Waals surface area (Å²) >= 11 is 13.1. The normalized spacial score (nSPS) is 25.4. The molecule has 0 saturated heterocycles. The summed E-state index contributed by atoms with van der Waals surface area (Å²) in [6.07, 6.45) is 1.13. The molecule has 0 amide bonds. The molecule has 64 valence electrons. The zero-order valence-electron chi connectivity index (χ0n) is 6.23. The van der Waals surface area contributed by atoms with Crippen molar-refractivity contribution in [3.8, 4) is 0 Å². The van der Waals surface area contributed by atoms with Gasteiger partial charge in [-0.1, -0.05) is 55.6 Å². The number of hydrogen-bond acceptors (Lipinski definition) is 0. The van der Waals surface area contributed by atoms with Gasteiger partial charge < -0.3 is 0 Å². The highest BCUT2D eigenvalue weighted by Gasteiger charge is 2.50. The van der Waals surface area contributed by atoms with E-state index in [0.717, 1.165) is 11.4 Å². The Labute approximate surface area is 93.6 Å². The highest BCUT2D eigenvalue weighted by atomic mass is 79.9. The number of rotatable bonds is 1. The third-order valence-corrected chi connectivity index (χ3v) is 4.06. The van der Waals surface area contributed by atoms with Crippen LogP contribution >= 0.6 is 43.5 Å². The van der Waals surface area contributed by atoms with Crippen molar-refractivity contribution in [2.24, 2.45) is 0 Å². The minimum atomic E-state index is 0.130. The van der Waals surface area contributed by atoms with Crippen LogP contribution in [0.25, 0.3) is 0 Å². The lowest BCUT2D eigenvalue weighted by molar-refractivity contribution is 1.13. The standard InChI is InChI=1S/C9H7Br2Cl/c10-9(11)5-8(9)6-2-1-3-7(12)4-6/h1-4,8H,5H2. The molecule has 0 spiro atoms. The fraction of sp³-hybridized carbons (Fsp3) is 0.333. The first-order valence-corrected chi connectivity index (χ1v) is 5.69. The van der Waals surface area contributed by atoms with E-state index in [0.29, 0.717) is 5.92 Å². The van der Waals surface area contributed by atoms with Crippen molar-refractivity contribution in [3.05, 3.63) is 34.9 Å². The van der Waals surface area contributed by atoms with Crippen molar-refractivity contribution < 1.29 is 0 Å². The van der Waals surface area contributed by atoms with E-state index >= 15 is 0 Å². The molecular weight excluding hydrogens is 303 g/mol. The summed E-state index contributed by atoms with van der Waals surface area (Å²) in [7, 11) is 0. The molecule has 1 aliphatic carbocycles. The van der Waals surface area contributed by atoms with Gasteiger partial charge in [0.1, 0.15) is 0 Å². The van der Waals surface area contributed by atoms with Crippen LogP contribution in [0.1, 0.15) is 17.9 Å². The van der Waals surface area contributed by atoms with Crippen LogP contribution in [0.2, 0.25) is 5.02 Å². The molecular formula is C9H7Br2Cl. The fourth-order valence-corrected chi connectivity index (χ4v) is 2.67. The Morgan fingerprint density at radius 3 is 2.58 bits per heavy atom. The summed E-state index contributed by atoms with van der Waals surface area (Å²) in [5.41, 5.74) is 1.30. The molecule has 1 fully saturated rings. The first-order valence-electron chi connectivity index (χ1n) is 3.73. The molecule has 0 aromatic heterocycles. The summed E-state index contributed by atoms with van der Waals surface area (Å²) in [6.45, 7) is 0.